The molecule has 0 aliphatic carbocycles. The number of ether oxygens (including phenoxy) is 1. The number of pyridine rings is 1. The first-order valence-corrected chi connectivity index (χ1v) is 10.9. The number of nitrogens with one attached hydrogen (secondary N) is 1. The van der Waals surface area contributed by atoms with Crippen molar-refractivity contribution in [3.05, 3.63) is 84.1 Å². The third-order valence-corrected chi connectivity index (χ3v) is 5.99. The number of hydrogen-bond acceptors (Lipinski definition) is 6. The van der Waals surface area contributed by atoms with E-state index < -0.39 is 10.0 Å². The van der Waals surface area contributed by atoms with Crippen LogP contribution >= 0.6 is 11.8 Å². The zero-order valence-corrected chi connectivity index (χ0v) is 16.8. The fourth-order valence-corrected chi connectivity index (χ4v) is 4.05. The summed E-state index contributed by atoms with van der Waals surface area (Å²) in [6, 6.07) is 19.4. The molecule has 0 spiro atoms. The van der Waals surface area contributed by atoms with Crippen molar-refractivity contribution in [1.82, 2.24) is 9.82 Å². The molecular weight excluding hydrogens is 394 g/mol. The maximum atomic E-state index is 12.2. The van der Waals surface area contributed by atoms with E-state index in [1.807, 2.05) is 36.4 Å². The fourth-order valence-electron chi connectivity index (χ4n) is 2.40. The van der Waals surface area contributed by atoms with Crippen molar-refractivity contribution < 1.29 is 13.2 Å². The highest BCUT2D eigenvalue weighted by Crippen LogP contribution is 2.27. The molecule has 0 saturated heterocycles. The van der Waals surface area contributed by atoms with Crippen LogP contribution in [0, 0.1) is 0 Å². The highest BCUT2D eigenvalue weighted by molar-refractivity contribution is 7.98. The second-order valence-electron chi connectivity index (χ2n) is 5.69. The van der Waals surface area contributed by atoms with Gasteiger partial charge >= 0.3 is 0 Å². The summed E-state index contributed by atoms with van der Waals surface area (Å²) in [5.41, 5.74) is 1.72. The largest absolute Gasteiger partial charge is 0.496 e. The smallest absolute Gasteiger partial charge is 0.276 e. The van der Waals surface area contributed by atoms with Gasteiger partial charge in [0.05, 0.1) is 23.2 Å². The molecule has 1 aromatic heterocycles. The van der Waals surface area contributed by atoms with E-state index in [0.29, 0.717) is 5.75 Å². The molecular formula is C20H19N3O3S2. The summed E-state index contributed by atoms with van der Waals surface area (Å²) in [5, 5.41) is 4.80. The Morgan fingerprint density at radius 2 is 1.89 bits per heavy atom. The van der Waals surface area contributed by atoms with Gasteiger partial charge in [-0.3, -0.25) is 0 Å². The second-order valence-corrected chi connectivity index (χ2v) is 8.35. The Morgan fingerprint density at radius 1 is 1.11 bits per heavy atom. The van der Waals surface area contributed by atoms with Crippen LogP contribution < -0.4 is 9.57 Å². The van der Waals surface area contributed by atoms with Crippen LogP contribution in [0.4, 0.5) is 0 Å². The number of methoxy groups -OCH3 is 1. The third-order valence-electron chi connectivity index (χ3n) is 3.76. The molecule has 6 nitrogen and oxygen atoms in total. The van der Waals surface area contributed by atoms with E-state index in [0.717, 1.165) is 21.9 Å². The molecule has 28 heavy (non-hydrogen) atoms. The monoisotopic (exact) mass is 413 g/mol. The van der Waals surface area contributed by atoms with Gasteiger partial charge in [0.2, 0.25) is 0 Å². The Kier molecular flexibility index (Phi) is 6.67. The average Bonchev–Trinajstić information content (AvgIpc) is 2.73. The van der Waals surface area contributed by atoms with Gasteiger partial charge in [-0.25, -0.2) is 9.82 Å². The number of sulfonamides is 1. The van der Waals surface area contributed by atoms with E-state index in [9.17, 15) is 8.42 Å². The van der Waals surface area contributed by atoms with Crippen molar-refractivity contribution in [3.8, 4) is 5.75 Å². The number of hydrazone groups is 1. The van der Waals surface area contributed by atoms with Crippen LogP contribution in [-0.4, -0.2) is 26.7 Å². The number of benzene rings is 2. The molecule has 0 saturated carbocycles. The number of aromatic nitrogens is 1. The molecule has 8 heteroatoms. The van der Waals surface area contributed by atoms with Gasteiger partial charge in [0, 0.05) is 17.5 Å². The molecule has 0 aliphatic rings. The van der Waals surface area contributed by atoms with Crippen LogP contribution in [-0.2, 0) is 15.8 Å². The van der Waals surface area contributed by atoms with E-state index in [1.54, 1.807) is 43.3 Å². The minimum Gasteiger partial charge on any atom is -0.496 e. The Morgan fingerprint density at radius 3 is 2.61 bits per heavy atom. The lowest BCUT2D eigenvalue weighted by Crippen LogP contribution is -2.18. The maximum absolute atomic E-state index is 12.2. The minimum atomic E-state index is -3.68. The van der Waals surface area contributed by atoms with Crippen LogP contribution in [0.15, 0.2) is 87.9 Å². The van der Waals surface area contributed by atoms with Crippen molar-refractivity contribution in [3.63, 3.8) is 0 Å². The Hall–Kier alpha value is -2.84. The van der Waals surface area contributed by atoms with Crippen LogP contribution in [0.1, 0.15) is 11.1 Å². The first-order chi connectivity index (χ1) is 13.6. The number of rotatable bonds is 8. The molecule has 0 fully saturated rings. The van der Waals surface area contributed by atoms with Crippen molar-refractivity contribution in [2.75, 3.05) is 7.11 Å². The van der Waals surface area contributed by atoms with E-state index in [2.05, 4.69) is 14.9 Å². The molecule has 144 valence electrons. The lowest BCUT2D eigenvalue weighted by atomic mass is 10.1. The topological polar surface area (TPSA) is 80.6 Å². The molecule has 0 radical (unpaired) electrons. The molecule has 0 amide bonds. The van der Waals surface area contributed by atoms with E-state index >= 15 is 0 Å². The summed E-state index contributed by atoms with van der Waals surface area (Å²) in [6.07, 6.45) is 3.22. The molecule has 2 aromatic carbocycles. The Labute approximate surface area is 168 Å². The van der Waals surface area contributed by atoms with Gasteiger partial charge in [-0.05, 0) is 48.0 Å². The van der Waals surface area contributed by atoms with Gasteiger partial charge in [0.15, 0.2) is 0 Å². The Balaban J connectivity index is 1.71. The minimum absolute atomic E-state index is 0.161. The van der Waals surface area contributed by atoms with Gasteiger partial charge in [-0.2, -0.15) is 13.5 Å². The first kappa shape index (κ1) is 19.9. The standard InChI is InChI=1S/C20H19N3O3S2/c1-26-19-11-10-16(13-17(19)15-27-20-9-5-6-12-21-20)14-22-23-28(24,25)18-7-3-2-4-8-18/h2-14,23H,15H2,1H3/b22-14-. The zero-order chi connectivity index (χ0) is 19.8. The van der Waals surface area contributed by atoms with Crippen molar-refractivity contribution in [2.24, 2.45) is 5.10 Å². The summed E-state index contributed by atoms with van der Waals surface area (Å²) in [5.74, 6) is 1.42. The van der Waals surface area contributed by atoms with Gasteiger partial charge in [0.25, 0.3) is 10.0 Å². The van der Waals surface area contributed by atoms with Crippen molar-refractivity contribution in [2.45, 2.75) is 15.7 Å². The highest BCUT2D eigenvalue weighted by Gasteiger charge is 2.11. The second kappa shape index (κ2) is 9.38. The summed E-state index contributed by atoms with van der Waals surface area (Å²) < 4.78 is 29.8. The molecule has 0 atom stereocenters. The predicted molar refractivity (Wildman–Crippen MR) is 111 cm³/mol. The quantitative estimate of drug-likeness (QED) is 0.346. The SMILES string of the molecule is COc1ccc(/C=N\NS(=O)(=O)c2ccccc2)cc1CSc1ccccn1. The molecule has 0 unspecified atom stereocenters. The highest BCUT2D eigenvalue weighted by atomic mass is 32.2. The van der Waals surface area contributed by atoms with Crippen LogP contribution in [0.2, 0.25) is 0 Å². The number of thioether (sulfide) groups is 1. The van der Waals surface area contributed by atoms with Crippen molar-refractivity contribution >= 4 is 28.0 Å². The zero-order valence-electron chi connectivity index (χ0n) is 15.1. The lowest BCUT2D eigenvalue weighted by molar-refractivity contribution is 0.411. The molecule has 0 bridgehead atoms. The van der Waals surface area contributed by atoms with Gasteiger partial charge in [0.1, 0.15) is 5.75 Å². The first-order valence-electron chi connectivity index (χ1n) is 8.39. The lowest BCUT2D eigenvalue weighted by Gasteiger charge is -2.09. The normalized spacial score (nSPS) is 11.5. The van der Waals surface area contributed by atoms with E-state index in [1.165, 1.54) is 18.3 Å². The molecule has 3 rings (SSSR count). The Bertz CT molecular complexity index is 1040. The summed E-state index contributed by atoms with van der Waals surface area (Å²) in [6.45, 7) is 0. The van der Waals surface area contributed by atoms with Crippen LogP contribution in [0.5, 0.6) is 5.75 Å². The predicted octanol–water partition coefficient (Wildman–Crippen LogP) is 3.69. The van der Waals surface area contributed by atoms with Gasteiger partial charge in [-0.1, -0.05) is 24.3 Å². The number of nitrogens with zero attached hydrogens (tertiary/aromatic N) is 2. The average molecular weight is 414 g/mol. The van der Waals surface area contributed by atoms with Crippen LogP contribution in [0.3, 0.4) is 0 Å². The van der Waals surface area contributed by atoms with Gasteiger partial charge < -0.3 is 4.74 Å². The molecule has 3 aromatic rings. The summed E-state index contributed by atoms with van der Waals surface area (Å²) in [4.78, 5) is 6.68. The van der Waals surface area contributed by atoms with Crippen molar-refractivity contribution in [1.29, 1.82) is 0 Å². The van der Waals surface area contributed by atoms with Gasteiger partial charge in [-0.15, -0.1) is 11.8 Å². The third kappa shape index (κ3) is 5.34. The van der Waals surface area contributed by atoms with Crippen LogP contribution in [0.25, 0.3) is 0 Å². The number of hydrogen-bond donors (Lipinski definition) is 1. The van der Waals surface area contributed by atoms with E-state index in [-0.39, 0.29) is 4.90 Å². The summed E-state index contributed by atoms with van der Waals surface area (Å²) >= 11 is 1.59. The molecule has 0 aliphatic heterocycles. The molecule has 1 heterocycles. The fraction of sp³-hybridized carbons (Fsp3) is 0.100. The maximum Gasteiger partial charge on any atom is 0.276 e. The summed E-state index contributed by atoms with van der Waals surface area (Å²) in [7, 11) is -2.07. The molecule has 1 N–H and O–H groups in total. The van der Waals surface area contributed by atoms with E-state index in [4.69, 9.17) is 4.74 Å².